The lowest BCUT2D eigenvalue weighted by Gasteiger charge is -2.26. The summed E-state index contributed by atoms with van der Waals surface area (Å²) in [5, 5.41) is -0.125. The smallest absolute Gasteiger partial charge is 0.344 e. The molecule has 220 valence electrons. The molecule has 0 amide bonds. The van der Waals surface area contributed by atoms with E-state index < -0.39 is 17.2 Å². The molecular weight excluding hydrogens is 531 g/mol. The summed E-state index contributed by atoms with van der Waals surface area (Å²) in [7, 11) is 0. The monoisotopic (exact) mass is 568 g/mol. The minimum Gasteiger partial charge on any atom is -0.491 e. The highest BCUT2D eigenvalue weighted by molar-refractivity contribution is 5.90. The molecule has 0 saturated carbocycles. The summed E-state index contributed by atoms with van der Waals surface area (Å²) in [6, 6.07) is 9.29. The van der Waals surface area contributed by atoms with Gasteiger partial charge in [-0.15, -0.1) is 0 Å². The molecule has 2 heterocycles. The standard InChI is InChI=1S/C31H37FN2O7/c1-3-16-40-27-12-11-26(32)29-30(27)34(19-23(35)6-5-13-33-14-17-38-18-15-33)20-25(31(29)37)22-7-9-24(10-8-22)41-21-28(36)39-4-2/h7-12,20H,3-6,13-19,21H2,1-2H3. The van der Waals surface area contributed by atoms with Gasteiger partial charge in [-0.2, -0.15) is 0 Å². The zero-order valence-corrected chi connectivity index (χ0v) is 23.7. The lowest BCUT2D eigenvalue weighted by Crippen LogP contribution is -2.37. The molecule has 1 saturated heterocycles. The Labute approximate surface area is 238 Å². The number of Topliss-reactive ketones (excluding diaryl/α,β-unsaturated/α-hetero) is 1. The molecule has 1 aliphatic rings. The number of hydrogen-bond acceptors (Lipinski definition) is 8. The van der Waals surface area contributed by atoms with Crippen LogP contribution in [0.5, 0.6) is 11.5 Å². The van der Waals surface area contributed by atoms with Gasteiger partial charge in [0.1, 0.15) is 17.3 Å². The predicted molar refractivity (Wildman–Crippen MR) is 153 cm³/mol. The van der Waals surface area contributed by atoms with Crippen LogP contribution in [-0.2, 0) is 25.6 Å². The number of benzene rings is 2. The second-order valence-corrected chi connectivity index (χ2v) is 9.83. The average molecular weight is 569 g/mol. The van der Waals surface area contributed by atoms with Gasteiger partial charge in [0.05, 0.1) is 43.9 Å². The third-order valence-corrected chi connectivity index (χ3v) is 6.80. The number of halogens is 1. The fourth-order valence-corrected chi connectivity index (χ4v) is 4.79. The van der Waals surface area contributed by atoms with Crippen molar-refractivity contribution in [2.75, 3.05) is 52.7 Å². The van der Waals surface area contributed by atoms with E-state index in [1.54, 1.807) is 42.0 Å². The molecule has 41 heavy (non-hydrogen) atoms. The van der Waals surface area contributed by atoms with E-state index in [1.807, 2.05) is 6.92 Å². The molecule has 4 rings (SSSR count). The summed E-state index contributed by atoms with van der Waals surface area (Å²) in [6.07, 6.45) is 3.38. The third kappa shape index (κ3) is 7.92. The number of nitrogens with zero attached hydrogens (tertiary/aromatic N) is 2. The summed E-state index contributed by atoms with van der Waals surface area (Å²) in [5.74, 6) is -0.420. The Morgan fingerprint density at radius 3 is 2.49 bits per heavy atom. The van der Waals surface area contributed by atoms with Crippen molar-refractivity contribution in [3.63, 3.8) is 0 Å². The maximum absolute atomic E-state index is 15.2. The van der Waals surface area contributed by atoms with Gasteiger partial charge in [0.15, 0.2) is 17.8 Å². The number of fused-ring (bicyclic) bond motifs is 1. The number of pyridine rings is 1. The largest absolute Gasteiger partial charge is 0.491 e. The van der Waals surface area contributed by atoms with E-state index in [0.717, 1.165) is 26.1 Å². The van der Waals surface area contributed by atoms with Gasteiger partial charge in [0.2, 0.25) is 0 Å². The molecule has 0 unspecified atom stereocenters. The van der Waals surface area contributed by atoms with E-state index in [4.69, 9.17) is 18.9 Å². The molecule has 0 aliphatic carbocycles. The van der Waals surface area contributed by atoms with Crippen molar-refractivity contribution in [2.45, 2.75) is 39.7 Å². The quantitative estimate of drug-likeness (QED) is 0.267. The van der Waals surface area contributed by atoms with Crippen LogP contribution in [0.4, 0.5) is 4.39 Å². The van der Waals surface area contributed by atoms with Gasteiger partial charge in [-0.25, -0.2) is 9.18 Å². The fraction of sp³-hybridized carbons (Fsp3) is 0.452. The number of ketones is 1. The molecular formula is C31H37FN2O7. The lowest BCUT2D eigenvalue weighted by atomic mass is 10.0. The molecule has 10 heteroatoms. The van der Waals surface area contributed by atoms with Crippen LogP contribution in [-0.4, -0.2) is 73.9 Å². The number of carbonyl (C=O) groups is 2. The second kappa shape index (κ2) is 14.7. The minimum absolute atomic E-state index is 0.0254. The third-order valence-electron chi connectivity index (χ3n) is 6.80. The summed E-state index contributed by atoms with van der Waals surface area (Å²) < 4.78 is 38.5. The zero-order chi connectivity index (χ0) is 29.2. The van der Waals surface area contributed by atoms with Gasteiger partial charge >= 0.3 is 5.97 Å². The Morgan fingerprint density at radius 1 is 1.02 bits per heavy atom. The van der Waals surface area contributed by atoms with Crippen LogP contribution >= 0.6 is 0 Å². The van der Waals surface area contributed by atoms with Gasteiger partial charge in [-0.3, -0.25) is 14.5 Å². The minimum atomic E-state index is -0.682. The average Bonchev–Trinajstić information content (AvgIpc) is 2.98. The highest BCUT2D eigenvalue weighted by Gasteiger charge is 2.20. The molecule has 2 aromatic carbocycles. The van der Waals surface area contributed by atoms with Gasteiger partial charge in [-0.05, 0) is 56.1 Å². The van der Waals surface area contributed by atoms with Crippen molar-refractivity contribution >= 4 is 22.7 Å². The Hall–Kier alpha value is -3.76. The van der Waals surface area contributed by atoms with Crippen molar-refractivity contribution in [2.24, 2.45) is 0 Å². The van der Waals surface area contributed by atoms with Gasteiger partial charge < -0.3 is 23.5 Å². The number of ether oxygens (including phenoxy) is 4. The number of morpholine rings is 1. The van der Waals surface area contributed by atoms with Crippen molar-refractivity contribution in [1.29, 1.82) is 0 Å². The van der Waals surface area contributed by atoms with Crippen LogP contribution in [0.3, 0.4) is 0 Å². The molecule has 1 aliphatic heterocycles. The van der Waals surface area contributed by atoms with Crippen molar-refractivity contribution in [3.8, 4) is 22.6 Å². The van der Waals surface area contributed by atoms with Crippen molar-refractivity contribution in [1.82, 2.24) is 9.47 Å². The van der Waals surface area contributed by atoms with E-state index in [0.29, 0.717) is 49.7 Å². The molecule has 0 N–H and O–H groups in total. The Morgan fingerprint density at radius 2 is 1.78 bits per heavy atom. The van der Waals surface area contributed by atoms with Crippen molar-refractivity contribution < 1.29 is 32.9 Å². The van der Waals surface area contributed by atoms with E-state index in [9.17, 15) is 14.4 Å². The summed E-state index contributed by atoms with van der Waals surface area (Å²) in [6.45, 7) is 7.95. The maximum atomic E-state index is 15.2. The number of esters is 1. The first-order valence-corrected chi connectivity index (χ1v) is 14.1. The number of hydrogen-bond donors (Lipinski definition) is 0. The number of carbonyl (C=O) groups excluding carboxylic acids is 2. The normalized spacial score (nSPS) is 13.7. The summed E-state index contributed by atoms with van der Waals surface area (Å²) in [5.41, 5.74) is 0.522. The summed E-state index contributed by atoms with van der Waals surface area (Å²) >= 11 is 0. The number of aromatic nitrogens is 1. The van der Waals surface area contributed by atoms with E-state index in [1.165, 1.54) is 12.1 Å². The Balaban J connectivity index is 1.63. The van der Waals surface area contributed by atoms with Crippen LogP contribution in [0, 0.1) is 5.82 Å². The Kier molecular flexibility index (Phi) is 10.9. The molecule has 0 bridgehead atoms. The molecule has 1 aromatic heterocycles. The molecule has 9 nitrogen and oxygen atoms in total. The van der Waals surface area contributed by atoms with E-state index in [2.05, 4.69) is 4.90 Å². The molecule has 0 spiro atoms. The van der Waals surface area contributed by atoms with E-state index >= 15 is 4.39 Å². The highest BCUT2D eigenvalue weighted by atomic mass is 19.1. The fourth-order valence-electron chi connectivity index (χ4n) is 4.79. The summed E-state index contributed by atoms with van der Waals surface area (Å²) in [4.78, 5) is 40.6. The van der Waals surface area contributed by atoms with Crippen LogP contribution in [0.1, 0.15) is 33.1 Å². The highest BCUT2D eigenvalue weighted by Crippen LogP contribution is 2.30. The van der Waals surface area contributed by atoms with Crippen LogP contribution < -0.4 is 14.9 Å². The lowest BCUT2D eigenvalue weighted by molar-refractivity contribution is -0.145. The number of rotatable bonds is 14. The molecule has 1 fully saturated rings. The Bertz CT molecular complexity index is 1400. The molecule has 0 radical (unpaired) electrons. The first kappa shape index (κ1) is 30.2. The first-order chi connectivity index (χ1) is 19.9. The van der Waals surface area contributed by atoms with Crippen LogP contribution in [0.2, 0.25) is 0 Å². The second-order valence-electron chi connectivity index (χ2n) is 9.83. The van der Waals surface area contributed by atoms with Crippen LogP contribution in [0.15, 0.2) is 47.4 Å². The van der Waals surface area contributed by atoms with Crippen LogP contribution in [0.25, 0.3) is 22.0 Å². The van der Waals surface area contributed by atoms with Gasteiger partial charge in [-0.1, -0.05) is 19.1 Å². The van der Waals surface area contributed by atoms with Crippen molar-refractivity contribution in [3.05, 3.63) is 58.6 Å². The van der Waals surface area contributed by atoms with Gasteiger partial charge in [0.25, 0.3) is 0 Å². The zero-order valence-electron chi connectivity index (χ0n) is 23.7. The molecule has 0 atom stereocenters. The van der Waals surface area contributed by atoms with E-state index in [-0.39, 0.29) is 42.0 Å². The first-order valence-electron chi connectivity index (χ1n) is 14.1. The molecule has 3 aromatic rings. The van der Waals surface area contributed by atoms with Gasteiger partial charge in [0, 0.05) is 31.3 Å². The topological polar surface area (TPSA) is 96.3 Å². The SMILES string of the molecule is CCCOc1ccc(F)c2c(=O)c(-c3ccc(OCC(=O)OCC)cc3)cn(CC(=O)CCCN3CCOCC3)c12. The maximum Gasteiger partial charge on any atom is 0.344 e. The predicted octanol–water partition coefficient (Wildman–Crippen LogP) is 4.22.